The van der Waals surface area contributed by atoms with E-state index in [1.54, 1.807) is 0 Å². The van der Waals surface area contributed by atoms with E-state index < -0.39 is 0 Å². The van der Waals surface area contributed by atoms with Gasteiger partial charge in [-0.15, -0.1) is 0 Å². The van der Waals surface area contributed by atoms with E-state index in [9.17, 15) is 9.59 Å². The first-order valence-corrected chi connectivity index (χ1v) is 11.1. The molecule has 1 aromatic carbocycles. The van der Waals surface area contributed by atoms with Gasteiger partial charge in [0.1, 0.15) is 12.4 Å². The van der Waals surface area contributed by atoms with Crippen molar-refractivity contribution in [2.75, 3.05) is 6.54 Å². The van der Waals surface area contributed by atoms with Crippen molar-refractivity contribution in [2.45, 2.75) is 77.4 Å². The Kier molecular flexibility index (Phi) is 6.16. The number of carbonyl (C=O) groups excluding carboxylic acids is 2. The number of nitrogens with zero attached hydrogens (tertiary/aromatic N) is 3. The van der Waals surface area contributed by atoms with Crippen molar-refractivity contribution in [1.82, 2.24) is 19.8 Å². The number of imidazole rings is 1. The van der Waals surface area contributed by atoms with Crippen LogP contribution in [-0.4, -0.2) is 38.9 Å². The van der Waals surface area contributed by atoms with Crippen molar-refractivity contribution in [2.24, 2.45) is 5.92 Å². The lowest BCUT2D eigenvalue weighted by molar-refractivity contribution is -0.135. The van der Waals surface area contributed by atoms with E-state index in [2.05, 4.69) is 12.2 Å². The summed E-state index contributed by atoms with van der Waals surface area (Å²) < 4.78 is 1.99. The number of piperidine rings is 1. The van der Waals surface area contributed by atoms with Crippen molar-refractivity contribution in [3.05, 3.63) is 30.1 Å². The fourth-order valence-corrected chi connectivity index (χ4v) is 4.81. The fraction of sp³-hybridized carbons (Fsp3) is 0.609. The Bertz CT molecular complexity index is 869. The minimum atomic E-state index is 0.123. The zero-order chi connectivity index (χ0) is 20.2. The highest BCUT2D eigenvalue weighted by molar-refractivity contribution is 5.82. The van der Waals surface area contributed by atoms with Gasteiger partial charge in [-0.2, -0.15) is 0 Å². The molecule has 2 amide bonds. The van der Waals surface area contributed by atoms with Crippen LogP contribution in [0.5, 0.6) is 0 Å². The number of para-hydroxylation sites is 2. The van der Waals surface area contributed by atoms with Crippen molar-refractivity contribution in [3.8, 4) is 0 Å². The molecule has 4 rings (SSSR count). The second-order valence-electron chi connectivity index (χ2n) is 8.59. The van der Waals surface area contributed by atoms with Gasteiger partial charge < -0.3 is 14.8 Å². The summed E-state index contributed by atoms with van der Waals surface area (Å²) in [5.74, 6) is 1.14. The molecule has 1 atom stereocenters. The summed E-state index contributed by atoms with van der Waals surface area (Å²) in [7, 11) is 0. The van der Waals surface area contributed by atoms with Crippen LogP contribution in [-0.2, 0) is 22.7 Å². The summed E-state index contributed by atoms with van der Waals surface area (Å²) in [6.07, 6.45) is 8.80. The molecular weight excluding hydrogens is 364 g/mol. The van der Waals surface area contributed by atoms with Crippen molar-refractivity contribution >= 4 is 22.8 Å². The number of amides is 2. The molecule has 2 aromatic rings. The van der Waals surface area contributed by atoms with Gasteiger partial charge in [0, 0.05) is 18.5 Å². The average molecular weight is 397 g/mol. The highest BCUT2D eigenvalue weighted by Crippen LogP contribution is 2.24. The zero-order valence-corrected chi connectivity index (χ0v) is 17.4. The van der Waals surface area contributed by atoms with Crippen LogP contribution >= 0.6 is 0 Å². The van der Waals surface area contributed by atoms with Crippen molar-refractivity contribution < 1.29 is 9.59 Å². The molecule has 6 heteroatoms. The van der Waals surface area contributed by atoms with Crippen LogP contribution in [0.4, 0.5) is 0 Å². The molecule has 29 heavy (non-hydrogen) atoms. The summed E-state index contributed by atoms with van der Waals surface area (Å²) in [4.78, 5) is 32.4. The number of likely N-dealkylation sites (tertiary alicyclic amines) is 1. The summed E-state index contributed by atoms with van der Waals surface area (Å²) in [6.45, 7) is 3.61. The molecule has 0 spiro atoms. The summed E-state index contributed by atoms with van der Waals surface area (Å²) in [6, 6.07) is 8.19. The number of benzene rings is 1. The van der Waals surface area contributed by atoms with E-state index >= 15 is 0 Å². The van der Waals surface area contributed by atoms with E-state index in [1.165, 1.54) is 12.8 Å². The van der Waals surface area contributed by atoms with Crippen LogP contribution in [0.2, 0.25) is 0 Å². The Morgan fingerprint density at radius 2 is 1.83 bits per heavy atom. The number of aromatic nitrogens is 2. The van der Waals surface area contributed by atoms with Gasteiger partial charge in [-0.05, 0) is 51.2 Å². The fourth-order valence-electron chi connectivity index (χ4n) is 4.81. The van der Waals surface area contributed by atoms with E-state index in [4.69, 9.17) is 4.98 Å². The molecule has 2 heterocycles. The highest BCUT2D eigenvalue weighted by atomic mass is 16.2. The van der Waals surface area contributed by atoms with Gasteiger partial charge in [0.25, 0.3) is 0 Å². The maximum absolute atomic E-state index is 13.0. The molecule has 2 aliphatic rings. The summed E-state index contributed by atoms with van der Waals surface area (Å²) in [5.41, 5.74) is 1.82. The smallest absolute Gasteiger partial charge is 0.242 e. The Balaban J connectivity index is 1.51. The summed E-state index contributed by atoms with van der Waals surface area (Å²) >= 11 is 0. The molecule has 156 valence electrons. The molecule has 1 saturated carbocycles. The Morgan fingerprint density at radius 1 is 1.07 bits per heavy atom. The van der Waals surface area contributed by atoms with E-state index in [0.717, 1.165) is 61.9 Å². The van der Waals surface area contributed by atoms with E-state index in [0.29, 0.717) is 12.6 Å². The van der Waals surface area contributed by atoms with Gasteiger partial charge in [-0.3, -0.25) is 9.59 Å². The number of nitrogens with one attached hydrogen (secondary N) is 1. The normalized spacial score (nSPS) is 20.7. The van der Waals surface area contributed by atoms with Crippen LogP contribution in [0, 0.1) is 5.92 Å². The topological polar surface area (TPSA) is 67.2 Å². The van der Waals surface area contributed by atoms with Crippen molar-refractivity contribution in [3.63, 3.8) is 0 Å². The SMILES string of the molecule is CC1CCCCN1C(=O)Cn1c(CNC(=O)C2CCCCC2)nc2ccccc21. The van der Waals surface area contributed by atoms with Gasteiger partial charge in [-0.1, -0.05) is 31.4 Å². The molecule has 0 radical (unpaired) electrons. The minimum Gasteiger partial charge on any atom is -0.349 e. The monoisotopic (exact) mass is 396 g/mol. The molecule has 1 N–H and O–H groups in total. The predicted octanol–water partition coefficient (Wildman–Crippen LogP) is 3.63. The first-order chi connectivity index (χ1) is 14.1. The third-order valence-electron chi connectivity index (χ3n) is 6.55. The van der Waals surface area contributed by atoms with E-state index in [-0.39, 0.29) is 24.3 Å². The molecule has 1 saturated heterocycles. The average Bonchev–Trinajstić information content (AvgIpc) is 3.10. The quantitative estimate of drug-likeness (QED) is 0.839. The Morgan fingerprint density at radius 3 is 2.62 bits per heavy atom. The lowest BCUT2D eigenvalue weighted by Crippen LogP contribution is -2.43. The summed E-state index contributed by atoms with van der Waals surface area (Å²) in [5, 5.41) is 3.08. The highest BCUT2D eigenvalue weighted by Gasteiger charge is 2.25. The van der Waals surface area contributed by atoms with Crippen LogP contribution < -0.4 is 5.32 Å². The third kappa shape index (κ3) is 4.46. The lowest BCUT2D eigenvalue weighted by atomic mass is 9.89. The maximum Gasteiger partial charge on any atom is 0.242 e. The van der Waals surface area contributed by atoms with Crippen LogP contribution in [0.25, 0.3) is 11.0 Å². The van der Waals surface area contributed by atoms with Crippen LogP contribution in [0.15, 0.2) is 24.3 Å². The second kappa shape index (κ2) is 8.97. The predicted molar refractivity (Wildman–Crippen MR) is 113 cm³/mol. The number of rotatable bonds is 5. The Labute approximate surface area is 172 Å². The van der Waals surface area contributed by atoms with Gasteiger partial charge >= 0.3 is 0 Å². The van der Waals surface area contributed by atoms with Gasteiger partial charge in [0.15, 0.2) is 0 Å². The third-order valence-corrected chi connectivity index (χ3v) is 6.55. The number of carbonyl (C=O) groups is 2. The molecular formula is C23H32N4O2. The van der Waals surface area contributed by atoms with Gasteiger partial charge in [0.05, 0.1) is 17.6 Å². The first-order valence-electron chi connectivity index (χ1n) is 11.1. The molecule has 6 nitrogen and oxygen atoms in total. The molecule has 1 unspecified atom stereocenters. The standard InChI is InChI=1S/C23H32N4O2/c1-17-9-7-8-14-26(17)22(28)16-27-20-13-6-5-12-19(20)25-21(27)15-24-23(29)18-10-3-2-4-11-18/h5-6,12-13,17-18H,2-4,7-11,14-16H2,1H3,(H,24,29). The zero-order valence-electron chi connectivity index (χ0n) is 17.4. The number of hydrogen-bond acceptors (Lipinski definition) is 3. The van der Waals surface area contributed by atoms with Gasteiger partial charge in [0.2, 0.25) is 11.8 Å². The molecule has 0 bridgehead atoms. The molecule has 2 fully saturated rings. The molecule has 1 aromatic heterocycles. The van der Waals surface area contributed by atoms with E-state index in [1.807, 2.05) is 33.7 Å². The van der Waals surface area contributed by atoms with Crippen molar-refractivity contribution in [1.29, 1.82) is 0 Å². The molecule has 1 aliphatic heterocycles. The largest absolute Gasteiger partial charge is 0.349 e. The van der Waals surface area contributed by atoms with Crippen LogP contribution in [0.3, 0.4) is 0 Å². The molecule has 1 aliphatic carbocycles. The van der Waals surface area contributed by atoms with Crippen LogP contribution in [0.1, 0.15) is 64.1 Å². The maximum atomic E-state index is 13.0. The minimum absolute atomic E-state index is 0.123. The first kappa shape index (κ1) is 19.9. The second-order valence-corrected chi connectivity index (χ2v) is 8.59. The number of hydrogen-bond donors (Lipinski definition) is 1. The number of fused-ring (bicyclic) bond motifs is 1. The lowest BCUT2D eigenvalue weighted by Gasteiger charge is -2.33. The van der Waals surface area contributed by atoms with Gasteiger partial charge in [-0.25, -0.2) is 4.98 Å². The Hall–Kier alpha value is -2.37.